The number of hydrogen-bond donors (Lipinski definition) is 2. The van der Waals surface area contributed by atoms with Crippen molar-refractivity contribution in [2.24, 2.45) is 0 Å². The molecule has 11 heavy (non-hydrogen) atoms. The van der Waals surface area contributed by atoms with Crippen molar-refractivity contribution in [3.8, 4) is 0 Å². The summed E-state index contributed by atoms with van der Waals surface area (Å²) in [4.78, 5) is 3.86. The molecule has 5 heteroatoms. The molecule has 0 fully saturated rings. The van der Waals surface area contributed by atoms with Crippen molar-refractivity contribution in [2.45, 2.75) is 6.92 Å². The van der Waals surface area contributed by atoms with Crippen LogP contribution in [0, 0.1) is 6.92 Å². The number of rotatable bonds is 1. The smallest absolute Gasteiger partial charge is 0.423 e. The Morgan fingerprint density at radius 2 is 2.09 bits per heavy atom. The zero-order valence-electron chi connectivity index (χ0n) is 5.95. The first-order valence-electron chi connectivity index (χ1n) is 3.10. The second-order valence-corrected chi connectivity index (χ2v) is 2.63. The average molecular weight is 171 g/mol. The number of aromatic nitrogens is 1. The van der Waals surface area contributed by atoms with Crippen LogP contribution < -0.4 is 5.46 Å². The van der Waals surface area contributed by atoms with E-state index in [-0.39, 0.29) is 5.15 Å². The maximum atomic E-state index is 8.74. The number of nitrogens with zero attached hydrogens (tertiary/aromatic N) is 1. The molecule has 0 amide bonds. The van der Waals surface area contributed by atoms with Crippen molar-refractivity contribution >= 4 is 24.2 Å². The Bertz CT molecular complexity index is 247. The van der Waals surface area contributed by atoms with Crippen molar-refractivity contribution in [1.29, 1.82) is 0 Å². The highest BCUT2D eigenvalue weighted by Crippen LogP contribution is 2.02. The Kier molecular flexibility index (Phi) is 2.49. The Morgan fingerprint density at radius 1 is 1.45 bits per heavy atom. The van der Waals surface area contributed by atoms with E-state index < -0.39 is 7.12 Å². The summed E-state index contributed by atoms with van der Waals surface area (Å²) in [6.07, 6.45) is 0. The van der Waals surface area contributed by atoms with Gasteiger partial charge < -0.3 is 10.0 Å². The van der Waals surface area contributed by atoms with Crippen LogP contribution in [0.3, 0.4) is 0 Å². The maximum absolute atomic E-state index is 8.74. The van der Waals surface area contributed by atoms with E-state index in [1.807, 2.05) is 0 Å². The molecular weight excluding hydrogens is 164 g/mol. The van der Waals surface area contributed by atoms with Gasteiger partial charge in [0.25, 0.3) is 0 Å². The molecule has 1 aromatic rings. The maximum Gasteiger partial charge on any atom is 0.488 e. The van der Waals surface area contributed by atoms with Crippen molar-refractivity contribution in [3.05, 3.63) is 23.0 Å². The fourth-order valence-corrected chi connectivity index (χ4v) is 1.06. The minimum atomic E-state index is -1.48. The molecule has 2 N–H and O–H groups in total. The fourth-order valence-electron chi connectivity index (χ4n) is 0.802. The van der Waals surface area contributed by atoms with E-state index in [0.717, 1.165) is 0 Å². The molecule has 1 rings (SSSR count). The van der Waals surface area contributed by atoms with Crippen LogP contribution in [0.25, 0.3) is 0 Å². The minimum absolute atomic E-state index is 0.271. The monoisotopic (exact) mass is 171 g/mol. The summed E-state index contributed by atoms with van der Waals surface area (Å²) in [6, 6.07) is 2.98. The van der Waals surface area contributed by atoms with Crippen LogP contribution in [-0.4, -0.2) is 22.2 Å². The van der Waals surface area contributed by atoms with Crippen molar-refractivity contribution in [2.75, 3.05) is 0 Å². The van der Waals surface area contributed by atoms with Gasteiger partial charge in [-0.3, -0.25) is 0 Å². The minimum Gasteiger partial charge on any atom is -0.423 e. The summed E-state index contributed by atoms with van der Waals surface area (Å²) in [7, 11) is -1.48. The van der Waals surface area contributed by atoms with Gasteiger partial charge in [-0.15, -0.1) is 0 Å². The van der Waals surface area contributed by atoms with Gasteiger partial charge in [-0.2, -0.15) is 0 Å². The highest BCUT2D eigenvalue weighted by Gasteiger charge is 2.11. The molecule has 0 aliphatic heterocycles. The quantitative estimate of drug-likeness (QED) is 0.451. The third-order valence-corrected chi connectivity index (χ3v) is 1.44. The molecule has 0 atom stereocenters. The molecule has 0 radical (unpaired) electrons. The predicted molar refractivity (Wildman–Crippen MR) is 43.8 cm³/mol. The molecule has 0 bridgehead atoms. The van der Waals surface area contributed by atoms with Gasteiger partial charge in [0.15, 0.2) is 0 Å². The van der Waals surface area contributed by atoms with Crippen molar-refractivity contribution < 1.29 is 10.0 Å². The van der Waals surface area contributed by atoms with Crippen LogP contribution in [0.1, 0.15) is 5.69 Å². The average Bonchev–Trinajstić information content (AvgIpc) is 1.85. The topological polar surface area (TPSA) is 53.4 Å². The summed E-state index contributed by atoms with van der Waals surface area (Å²) < 4.78 is 0. The zero-order valence-corrected chi connectivity index (χ0v) is 6.71. The van der Waals surface area contributed by atoms with Crippen LogP contribution in [0.2, 0.25) is 5.15 Å². The summed E-state index contributed by atoms with van der Waals surface area (Å²) in [6.45, 7) is 1.73. The lowest BCUT2D eigenvalue weighted by Gasteiger charge is -2.00. The molecule has 0 aliphatic carbocycles. The normalized spacial score (nSPS) is 9.82. The van der Waals surface area contributed by atoms with Gasteiger partial charge in [0.05, 0.1) is 0 Å². The van der Waals surface area contributed by atoms with Gasteiger partial charge in [-0.1, -0.05) is 11.6 Å². The standard InChI is InChI=1S/C6H7BClNO2/c1-4-2-5(7(10)11)3-6(8)9-4/h2-3,10-11H,1H3. The molecule has 0 spiro atoms. The SMILES string of the molecule is Cc1cc(B(O)O)cc(Cl)n1. The molecule has 3 nitrogen and oxygen atoms in total. The molecule has 0 aliphatic rings. The van der Waals surface area contributed by atoms with Gasteiger partial charge >= 0.3 is 7.12 Å². The third kappa shape index (κ3) is 2.18. The summed E-state index contributed by atoms with van der Waals surface area (Å²) in [5, 5.41) is 17.8. The van der Waals surface area contributed by atoms with E-state index in [0.29, 0.717) is 11.2 Å². The van der Waals surface area contributed by atoms with E-state index in [2.05, 4.69) is 4.98 Å². The molecule has 0 unspecified atom stereocenters. The van der Waals surface area contributed by atoms with Crippen LogP contribution in [-0.2, 0) is 0 Å². The molecule has 1 aromatic heterocycles. The third-order valence-electron chi connectivity index (χ3n) is 1.24. The Hall–Kier alpha value is -0.575. The van der Waals surface area contributed by atoms with Gasteiger partial charge in [-0.25, -0.2) is 4.98 Å². The Balaban J connectivity index is 3.08. The van der Waals surface area contributed by atoms with Gasteiger partial charge in [0.2, 0.25) is 0 Å². The zero-order chi connectivity index (χ0) is 8.43. The number of halogens is 1. The first-order valence-corrected chi connectivity index (χ1v) is 3.47. The largest absolute Gasteiger partial charge is 0.488 e. The van der Waals surface area contributed by atoms with Gasteiger partial charge in [0, 0.05) is 5.69 Å². The molecule has 58 valence electrons. The Morgan fingerprint density at radius 3 is 2.55 bits per heavy atom. The van der Waals surface area contributed by atoms with Crippen molar-refractivity contribution in [1.82, 2.24) is 4.98 Å². The summed E-state index contributed by atoms with van der Waals surface area (Å²) in [5.74, 6) is 0. The lowest BCUT2D eigenvalue weighted by molar-refractivity contribution is 0.425. The molecule has 1 heterocycles. The van der Waals surface area contributed by atoms with E-state index in [4.69, 9.17) is 21.6 Å². The fraction of sp³-hybridized carbons (Fsp3) is 0.167. The van der Waals surface area contributed by atoms with E-state index in [9.17, 15) is 0 Å². The second kappa shape index (κ2) is 3.22. The molecule has 0 aromatic carbocycles. The van der Waals surface area contributed by atoms with Gasteiger partial charge in [0.1, 0.15) is 5.15 Å². The predicted octanol–water partition coefficient (Wildman–Crippen LogP) is -0.277. The first-order chi connectivity index (χ1) is 5.09. The first kappa shape index (κ1) is 8.52. The number of hydrogen-bond acceptors (Lipinski definition) is 3. The number of aryl methyl sites for hydroxylation is 1. The highest BCUT2D eigenvalue weighted by atomic mass is 35.5. The van der Waals surface area contributed by atoms with E-state index in [1.165, 1.54) is 6.07 Å². The van der Waals surface area contributed by atoms with Crippen LogP contribution in [0.5, 0.6) is 0 Å². The van der Waals surface area contributed by atoms with E-state index in [1.54, 1.807) is 13.0 Å². The molecular formula is C6H7BClNO2. The molecule has 0 saturated carbocycles. The highest BCUT2D eigenvalue weighted by molar-refractivity contribution is 6.58. The van der Waals surface area contributed by atoms with Crippen LogP contribution in [0.4, 0.5) is 0 Å². The lowest BCUT2D eigenvalue weighted by Crippen LogP contribution is -2.30. The summed E-state index contributed by atoms with van der Waals surface area (Å²) in [5.41, 5.74) is 1.03. The summed E-state index contributed by atoms with van der Waals surface area (Å²) >= 11 is 5.56. The van der Waals surface area contributed by atoms with Crippen LogP contribution in [0.15, 0.2) is 12.1 Å². The van der Waals surface area contributed by atoms with Gasteiger partial charge in [-0.05, 0) is 24.5 Å². The van der Waals surface area contributed by atoms with Crippen molar-refractivity contribution in [3.63, 3.8) is 0 Å². The Labute approximate surface area is 69.8 Å². The second-order valence-electron chi connectivity index (χ2n) is 2.24. The lowest BCUT2D eigenvalue weighted by atomic mass is 9.81. The molecule has 0 saturated heterocycles. The number of pyridine rings is 1. The van der Waals surface area contributed by atoms with E-state index >= 15 is 0 Å². The van der Waals surface area contributed by atoms with Crippen LogP contribution >= 0.6 is 11.6 Å².